The first-order valence-electron chi connectivity index (χ1n) is 5.29. The summed E-state index contributed by atoms with van der Waals surface area (Å²) < 4.78 is 12.9. The van der Waals surface area contributed by atoms with Gasteiger partial charge in [0.1, 0.15) is 5.82 Å². The predicted molar refractivity (Wildman–Crippen MR) is 75.2 cm³/mol. The van der Waals surface area contributed by atoms with Crippen LogP contribution in [0.15, 0.2) is 36.4 Å². The normalized spacial score (nSPS) is 10.3. The Kier molecular flexibility index (Phi) is 3.93. The summed E-state index contributed by atoms with van der Waals surface area (Å²) in [6.45, 7) is 0. The summed E-state index contributed by atoms with van der Waals surface area (Å²) >= 11 is 11.6. The molecule has 98 valence electrons. The highest BCUT2D eigenvalue weighted by molar-refractivity contribution is 6.42. The van der Waals surface area contributed by atoms with Crippen LogP contribution in [-0.4, -0.2) is 5.91 Å². The molecule has 0 radical (unpaired) electrons. The molecule has 3 nitrogen and oxygen atoms in total. The molecule has 19 heavy (non-hydrogen) atoms. The molecule has 0 heterocycles. The molecule has 0 atom stereocenters. The molecule has 0 saturated heterocycles. The number of hydrogen-bond acceptors (Lipinski definition) is 2. The monoisotopic (exact) mass is 298 g/mol. The molecule has 0 aliphatic carbocycles. The summed E-state index contributed by atoms with van der Waals surface area (Å²) in [5, 5.41) is 3.32. The van der Waals surface area contributed by atoms with Crippen molar-refractivity contribution in [1.29, 1.82) is 0 Å². The number of anilines is 2. The van der Waals surface area contributed by atoms with E-state index in [1.54, 1.807) is 12.1 Å². The molecular weight excluding hydrogens is 290 g/mol. The molecule has 2 aromatic rings. The number of amides is 1. The van der Waals surface area contributed by atoms with E-state index in [0.717, 1.165) is 6.07 Å². The van der Waals surface area contributed by atoms with Crippen LogP contribution in [0.1, 0.15) is 10.4 Å². The zero-order chi connectivity index (χ0) is 14.0. The van der Waals surface area contributed by atoms with E-state index in [0.29, 0.717) is 15.7 Å². The highest BCUT2D eigenvalue weighted by Crippen LogP contribution is 2.25. The lowest BCUT2D eigenvalue weighted by molar-refractivity contribution is 0.102. The van der Waals surface area contributed by atoms with Crippen LogP contribution in [0.5, 0.6) is 0 Å². The van der Waals surface area contributed by atoms with Gasteiger partial charge in [-0.2, -0.15) is 0 Å². The number of carbonyl (C=O) groups excluding carboxylic acids is 1. The van der Waals surface area contributed by atoms with Crippen molar-refractivity contribution in [2.75, 3.05) is 11.1 Å². The van der Waals surface area contributed by atoms with Crippen LogP contribution in [0.4, 0.5) is 15.8 Å². The topological polar surface area (TPSA) is 55.1 Å². The Balaban J connectivity index is 2.23. The second-order valence-corrected chi connectivity index (χ2v) is 4.63. The van der Waals surface area contributed by atoms with Gasteiger partial charge >= 0.3 is 0 Å². The SMILES string of the molecule is Nc1cc(F)ccc1C(=O)Nc1ccc(Cl)c(Cl)c1. The van der Waals surface area contributed by atoms with E-state index in [4.69, 9.17) is 28.9 Å². The van der Waals surface area contributed by atoms with Gasteiger partial charge in [-0.1, -0.05) is 23.2 Å². The summed E-state index contributed by atoms with van der Waals surface area (Å²) in [6.07, 6.45) is 0. The lowest BCUT2D eigenvalue weighted by atomic mass is 10.1. The highest BCUT2D eigenvalue weighted by atomic mass is 35.5. The minimum Gasteiger partial charge on any atom is -0.398 e. The number of benzene rings is 2. The van der Waals surface area contributed by atoms with E-state index in [2.05, 4.69) is 5.32 Å². The van der Waals surface area contributed by atoms with E-state index >= 15 is 0 Å². The highest BCUT2D eigenvalue weighted by Gasteiger charge is 2.11. The fraction of sp³-hybridized carbons (Fsp3) is 0. The van der Waals surface area contributed by atoms with Crippen molar-refractivity contribution in [3.8, 4) is 0 Å². The fourth-order valence-electron chi connectivity index (χ4n) is 1.51. The van der Waals surface area contributed by atoms with Gasteiger partial charge in [0.15, 0.2) is 0 Å². The second-order valence-electron chi connectivity index (χ2n) is 3.81. The lowest BCUT2D eigenvalue weighted by Gasteiger charge is -2.08. The quantitative estimate of drug-likeness (QED) is 0.824. The smallest absolute Gasteiger partial charge is 0.257 e. The number of halogens is 3. The summed E-state index contributed by atoms with van der Waals surface area (Å²) in [5.41, 5.74) is 6.31. The molecule has 2 aromatic carbocycles. The van der Waals surface area contributed by atoms with E-state index in [1.165, 1.54) is 18.2 Å². The maximum absolute atomic E-state index is 12.9. The Morgan fingerprint density at radius 3 is 2.47 bits per heavy atom. The molecule has 0 fully saturated rings. The largest absolute Gasteiger partial charge is 0.398 e. The van der Waals surface area contributed by atoms with E-state index < -0.39 is 11.7 Å². The van der Waals surface area contributed by atoms with Crippen molar-refractivity contribution >= 4 is 40.5 Å². The van der Waals surface area contributed by atoms with Crippen LogP contribution in [0.3, 0.4) is 0 Å². The van der Waals surface area contributed by atoms with Crippen LogP contribution < -0.4 is 11.1 Å². The Labute approximate surface area is 119 Å². The minimum absolute atomic E-state index is 0.0672. The molecule has 0 aliphatic rings. The van der Waals surface area contributed by atoms with Crippen molar-refractivity contribution in [3.63, 3.8) is 0 Å². The number of hydrogen-bond donors (Lipinski definition) is 2. The minimum atomic E-state index is -0.497. The number of carbonyl (C=O) groups is 1. The average molecular weight is 299 g/mol. The molecule has 0 aliphatic heterocycles. The van der Waals surface area contributed by atoms with Crippen molar-refractivity contribution in [3.05, 3.63) is 57.8 Å². The van der Waals surface area contributed by atoms with Crippen LogP contribution >= 0.6 is 23.2 Å². The van der Waals surface area contributed by atoms with Gasteiger partial charge in [0, 0.05) is 11.4 Å². The summed E-state index contributed by atoms with van der Waals surface area (Å²) in [4.78, 5) is 12.0. The van der Waals surface area contributed by atoms with Gasteiger partial charge < -0.3 is 11.1 Å². The third-order valence-electron chi connectivity index (χ3n) is 2.44. The standard InChI is InChI=1S/C13H9Cl2FN2O/c14-10-4-2-8(6-11(10)15)18-13(19)9-3-1-7(16)5-12(9)17/h1-6H,17H2,(H,18,19). The lowest BCUT2D eigenvalue weighted by Crippen LogP contribution is -2.14. The summed E-state index contributed by atoms with van der Waals surface area (Å²) in [6, 6.07) is 8.25. The van der Waals surface area contributed by atoms with Gasteiger partial charge in [-0.15, -0.1) is 0 Å². The third-order valence-corrected chi connectivity index (χ3v) is 3.17. The Morgan fingerprint density at radius 1 is 1.11 bits per heavy atom. The third kappa shape index (κ3) is 3.16. The molecule has 0 bridgehead atoms. The Bertz CT molecular complexity index is 647. The van der Waals surface area contributed by atoms with E-state index in [-0.39, 0.29) is 11.3 Å². The molecule has 2 rings (SSSR count). The number of nitrogen functional groups attached to an aromatic ring is 1. The second kappa shape index (κ2) is 5.47. The first-order chi connectivity index (χ1) is 8.97. The molecule has 3 N–H and O–H groups in total. The molecule has 6 heteroatoms. The maximum Gasteiger partial charge on any atom is 0.257 e. The van der Waals surface area contributed by atoms with Crippen LogP contribution in [0.25, 0.3) is 0 Å². The molecule has 1 amide bonds. The number of nitrogens with one attached hydrogen (secondary N) is 1. The van der Waals surface area contributed by atoms with Crippen molar-refractivity contribution in [2.24, 2.45) is 0 Å². The van der Waals surface area contributed by atoms with E-state index in [1.807, 2.05) is 0 Å². The Hall–Kier alpha value is -1.78. The average Bonchev–Trinajstić information content (AvgIpc) is 2.33. The van der Waals surface area contributed by atoms with Crippen LogP contribution in [0, 0.1) is 5.82 Å². The van der Waals surface area contributed by atoms with Gasteiger partial charge in [0.2, 0.25) is 0 Å². The maximum atomic E-state index is 12.9. The molecule has 0 unspecified atom stereocenters. The van der Waals surface area contributed by atoms with Crippen LogP contribution in [-0.2, 0) is 0 Å². The zero-order valence-electron chi connectivity index (χ0n) is 9.58. The molecule has 0 aromatic heterocycles. The fourth-order valence-corrected chi connectivity index (χ4v) is 1.81. The van der Waals surface area contributed by atoms with Gasteiger partial charge in [-0.3, -0.25) is 4.79 Å². The van der Waals surface area contributed by atoms with Gasteiger partial charge in [-0.05, 0) is 36.4 Å². The van der Waals surface area contributed by atoms with Gasteiger partial charge in [-0.25, -0.2) is 4.39 Å². The van der Waals surface area contributed by atoms with Crippen molar-refractivity contribution < 1.29 is 9.18 Å². The van der Waals surface area contributed by atoms with E-state index in [9.17, 15) is 9.18 Å². The van der Waals surface area contributed by atoms with Gasteiger partial charge in [0.25, 0.3) is 5.91 Å². The predicted octanol–water partition coefficient (Wildman–Crippen LogP) is 3.97. The van der Waals surface area contributed by atoms with Crippen LogP contribution in [0.2, 0.25) is 10.0 Å². The van der Waals surface area contributed by atoms with Crippen molar-refractivity contribution in [2.45, 2.75) is 0 Å². The summed E-state index contributed by atoms with van der Waals surface area (Å²) in [5.74, 6) is -0.945. The first-order valence-corrected chi connectivity index (χ1v) is 6.04. The number of rotatable bonds is 2. The summed E-state index contributed by atoms with van der Waals surface area (Å²) in [7, 11) is 0. The van der Waals surface area contributed by atoms with Crippen molar-refractivity contribution in [1.82, 2.24) is 0 Å². The first kappa shape index (κ1) is 13.6. The Morgan fingerprint density at radius 2 is 1.84 bits per heavy atom. The molecule has 0 saturated carbocycles. The molecule has 0 spiro atoms. The van der Waals surface area contributed by atoms with Gasteiger partial charge in [0.05, 0.1) is 15.6 Å². The number of nitrogens with two attached hydrogens (primary N) is 1. The molecular formula is C13H9Cl2FN2O. The zero-order valence-corrected chi connectivity index (χ0v) is 11.1.